The van der Waals surface area contributed by atoms with Gasteiger partial charge in [0.05, 0.1) is 16.7 Å². The summed E-state index contributed by atoms with van der Waals surface area (Å²) in [5.41, 5.74) is 15.8. The molecule has 0 aliphatic rings. The number of aromatic nitrogens is 4. The normalized spacial score (nSPS) is 12.0. The van der Waals surface area contributed by atoms with Crippen molar-refractivity contribution in [1.29, 1.82) is 0 Å². The number of phenols is 1. The Balaban J connectivity index is 0.00000529. The molecule has 0 radical (unpaired) electrons. The number of fused-ring (bicyclic) bond motifs is 3. The third kappa shape index (κ3) is 8.15. The van der Waals surface area contributed by atoms with Gasteiger partial charge in [-0.1, -0.05) is 145 Å². The van der Waals surface area contributed by atoms with Crippen LogP contribution in [0.4, 0.5) is 0 Å². The van der Waals surface area contributed by atoms with E-state index in [0.717, 1.165) is 78.0 Å². The van der Waals surface area contributed by atoms with Crippen LogP contribution in [0.15, 0.2) is 152 Å². The van der Waals surface area contributed by atoms with Crippen molar-refractivity contribution in [3.8, 4) is 67.5 Å². The summed E-state index contributed by atoms with van der Waals surface area (Å²) >= 11 is 0. The van der Waals surface area contributed by atoms with Crippen molar-refractivity contribution < 1.29 is 26.2 Å². The first-order valence-corrected chi connectivity index (χ1v) is 21.2. The molecule has 6 heteroatoms. The van der Waals surface area contributed by atoms with Gasteiger partial charge in [-0.25, -0.2) is 0 Å². The summed E-state index contributed by atoms with van der Waals surface area (Å²) in [5.74, 6) is 0.491. The van der Waals surface area contributed by atoms with Crippen molar-refractivity contribution in [2.24, 2.45) is 0 Å². The summed E-state index contributed by atoms with van der Waals surface area (Å²) < 4.78 is 2.38. The van der Waals surface area contributed by atoms with Crippen LogP contribution < -0.4 is 0 Å². The van der Waals surface area contributed by atoms with Crippen molar-refractivity contribution in [2.45, 2.75) is 72.1 Å². The maximum Gasteiger partial charge on any atom is 0.124 e. The van der Waals surface area contributed by atoms with E-state index < -0.39 is 0 Å². The number of phenolic OH excluding ortho intramolecular Hbond substituents is 1. The smallest absolute Gasteiger partial charge is 0.124 e. The molecule has 0 saturated carbocycles. The average molecular weight is 991 g/mol. The molecule has 9 rings (SSSR count). The number of benzene rings is 5. The Morgan fingerprint density at radius 1 is 0.565 bits per heavy atom. The minimum atomic E-state index is -0.0474. The van der Waals surface area contributed by atoms with Gasteiger partial charge in [0, 0.05) is 78.1 Å². The number of hydrogen-bond acceptors (Lipinski definition) is 4. The van der Waals surface area contributed by atoms with E-state index in [2.05, 4.69) is 181 Å². The van der Waals surface area contributed by atoms with Crippen molar-refractivity contribution in [1.82, 2.24) is 19.5 Å². The zero-order valence-corrected chi connectivity index (χ0v) is 38.8. The summed E-state index contributed by atoms with van der Waals surface area (Å²) in [5, 5.41) is 13.3. The Kier molecular flexibility index (Phi) is 11.4. The molecule has 0 atom stereocenters. The van der Waals surface area contributed by atoms with Crippen LogP contribution in [0.5, 0.6) is 5.75 Å². The first-order chi connectivity index (χ1) is 29.2. The van der Waals surface area contributed by atoms with Crippen LogP contribution >= 0.6 is 0 Å². The summed E-state index contributed by atoms with van der Waals surface area (Å²) in [4.78, 5) is 15.0. The molecule has 4 heterocycles. The van der Waals surface area contributed by atoms with Crippen LogP contribution in [0.25, 0.3) is 83.5 Å². The average Bonchev–Trinajstić information content (AvgIpc) is 3.60. The summed E-state index contributed by atoms with van der Waals surface area (Å²) in [6.45, 7) is 17.9. The Morgan fingerprint density at radius 3 is 1.87 bits per heavy atom. The fraction of sp³-hybridized carbons (Fsp3) is 0.196. The van der Waals surface area contributed by atoms with Crippen LogP contribution in [0, 0.1) is 6.07 Å². The predicted molar refractivity (Wildman–Crippen MR) is 253 cm³/mol. The molecule has 1 N–H and O–H groups in total. The van der Waals surface area contributed by atoms with Gasteiger partial charge in [0.1, 0.15) is 5.75 Å². The summed E-state index contributed by atoms with van der Waals surface area (Å²) in [6, 6.07) is 52.1. The molecule has 0 spiro atoms. The van der Waals surface area contributed by atoms with Gasteiger partial charge in [0.25, 0.3) is 0 Å². The Bertz CT molecular complexity index is 3060. The first kappa shape index (κ1) is 42.5. The molecule has 312 valence electrons. The zero-order valence-electron chi connectivity index (χ0n) is 36.6. The van der Waals surface area contributed by atoms with Crippen molar-refractivity contribution in [3.63, 3.8) is 0 Å². The second-order valence-corrected chi connectivity index (χ2v) is 18.5. The van der Waals surface area contributed by atoms with Crippen LogP contribution in [0.1, 0.15) is 78.1 Å². The van der Waals surface area contributed by atoms with Gasteiger partial charge in [0.2, 0.25) is 0 Å². The minimum absolute atomic E-state index is 0. The maximum atomic E-state index is 11.1. The van der Waals surface area contributed by atoms with E-state index >= 15 is 0 Å². The van der Waals surface area contributed by atoms with Gasteiger partial charge in [-0.3, -0.25) is 15.0 Å². The van der Waals surface area contributed by atoms with Crippen molar-refractivity contribution >= 4 is 21.8 Å². The Hall–Kier alpha value is -6.16. The number of hydrogen-bond donors (Lipinski definition) is 1. The molecule has 0 aliphatic carbocycles. The quantitative estimate of drug-likeness (QED) is 0.162. The third-order valence-corrected chi connectivity index (χ3v) is 11.7. The largest absolute Gasteiger partial charge is 0.507 e. The molecule has 9 aromatic rings. The van der Waals surface area contributed by atoms with Gasteiger partial charge in [-0.2, -0.15) is 0 Å². The second kappa shape index (κ2) is 16.6. The topological polar surface area (TPSA) is 63.8 Å². The molecule has 0 amide bonds. The molecule has 62 heavy (non-hydrogen) atoms. The van der Waals surface area contributed by atoms with Gasteiger partial charge < -0.3 is 9.67 Å². The van der Waals surface area contributed by atoms with Gasteiger partial charge in [-0.15, -0.1) is 24.3 Å². The molecule has 0 unspecified atom stereocenters. The van der Waals surface area contributed by atoms with Gasteiger partial charge >= 0.3 is 0 Å². The van der Waals surface area contributed by atoms with Crippen LogP contribution in [-0.2, 0) is 31.9 Å². The molecule has 5 aromatic carbocycles. The zero-order chi connectivity index (χ0) is 42.6. The van der Waals surface area contributed by atoms with Crippen LogP contribution in [0.3, 0.4) is 0 Å². The fourth-order valence-electron chi connectivity index (χ4n) is 8.21. The molecule has 0 saturated heterocycles. The number of rotatable bonds is 7. The molecule has 0 aliphatic heterocycles. The predicted octanol–water partition coefficient (Wildman–Crippen LogP) is 14.5. The number of aromatic hydroxyl groups is 1. The molecule has 5 nitrogen and oxygen atoms in total. The molecular formula is C56H51N4OPt-. The van der Waals surface area contributed by atoms with E-state index in [9.17, 15) is 5.11 Å². The fourth-order valence-corrected chi connectivity index (χ4v) is 8.21. The third-order valence-electron chi connectivity index (χ3n) is 11.7. The van der Waals surface area contributed by atoms with Gasteiger partial charge in [-0.05, 0) is 87.0 Å². The maximum absolute atomic E-state index is 11.1. The van der Waals surface area contributed by atoms with Crippen LogP contribution in [0.2, 0.25) is 0 Å². The minimum Gasteiger partial charge on any atom is -0.507 e. The first-order valence-electron chi connectivity index (χ1n) is 21.2. The monoisotopic (exact) mass is 990 g/mol. The van der Waals surface area contributed by atoms with Crippen molar-refractivity contribution in [2.75, 3.05) is 0 Å². The number of nitrogens with zero attached hydrogens (tertiary/aromatic N) is 4. The Morgan fingerprint density at radius 2 is 1.18 bits per heavy atom. The standard InChI is InChI=1S/C56H51N4O.Pt/c1-35(2)48-33-52-47(34-58-48)45-22-15-21-44(54(45)60(52)43-18-10-9-11-19-43)36-24-25-57-49(29-36)37-16-14-17-38(26-37)50-30-40(31-51(59-50)46-20-12-13-23-53(46)61)39-27-41(55(3,4)5)32-42(28-39)56(6,7)8;/h9-25,27-35,61H,1-8H3;/q-1;. The van der Waals surface area contributed by atoms with Crippen molar-refractivity contribution in [3.05, 3.63) is 175 Å². The van der Waals surface area contributed by atoms with Gasteiger partial charge in [0.15, 0.2) is 0 Å². The van der Waals surface area contributed by atoms with E-state index in [1.807, 2.05) is 30.6 Å². The van der Waals surface area contributed by atoms with E-state index in [0.29, 0.717) is 17.2 Å². The van der Waals surface area contributed by atoms with Crippen LogP contribution in [-0.4, -0.2) is 24.6 Å². The molecular weight excluding hydrogens is 940 g/mol. The number of para-hydroxylation sites is 3. The molecule has 0 fully saturated rings. The molecule has 0 bridgehead atoms. The Labute approximate surface area is 379 Å². The van der Waals surface area contributed by atoms with E-state index in [1.165, 1.54) is 11.1 Å². The summed E-state index contributed by atoms with van der Waals surface area (Å²) in [6.07, 6.45) is 3.93. The SMILES string of the molecule is CC(C)c1cc2c(cn1)c1cccc(-c3ccnc(-c4[c-]c(-c5cc(-c6cc(C(C)(C)C)cc(C(C)(C)C)c6)cc(-c6ccccc6O)n5)ccc4)c3)c1n2-c1ccccc1.[Pt]. The summed E-state index contributed by atoms with van der Waals surface area (Å²) in [7, 11) is 0. The van der Waals surface area contributed by atoms with E-state index in [4.69, 9.17) is 15.0 Å². The van der Waals surface area contributed by atoms with E-state index in [-0.39, 0.29) is 37.6 Å². The second-order valence-electron chi connectivity index (χ2n) is 18.5. The number of pyridine rings is 3. The van der Waals surface area contributed by atoms with E-state index in [1.54, 1.807) is 6.07 Å². The molecule has 4 aromatic heterocycles.